The zero-order chi connectivity index (χ0) is 26.4. The molecule has 0 unspecified atom stereocenters. The molecule has 0 saturated carbocycles. The number of hydrogen-bond donors (Lipinski definition) is 0. The van der Waals surface area contributed by atoms with E-state index in [-0.39, 0.29) is 36.2 Å². The molecule has 2 aromatic heterocycles. The summed E-state index contributed by atoms with van der Waals surface area (Å²) in [5.74, 6) is -0.220. The Labute approximate surface area is 219 Å². The van der Waals surface area contributed by atoms with Gasteiger partial charge in [-0.2, -0.15) is 0 Å². The summed E-state index contributed by atoms with van der Waals surface area (Å²) in [5, 5.41) is 1.07. The maximum atomic E-state index is 14.0. The van der Waals surface area contributed by atoms with E-state index in [0.717, 1.165) is 5.39 Å². The molecule has 0 spiro atoms. The number of carbonyl (C=O) groups excluding carboxylic acids is 2. The van der Waals surface area contributed by atoms with E-state index in [1.165, 1.54) is 15.9 Å². The van der Waals surface area contributed by atoms with Crippen LogP contribution in [0, 0.1) is 0 Å². The van der Waals surface area contributed by atoms with Crippen LogP contribution in [0.2, 0.25) is 0 Å². The number of hydrogen-bond acceptors (Lipinski definition) is 7. The molecule has 37 heavy (non-hydrogen) atoms. The van der Waals surface area contributed by atoms with Crippen molar-refractivity contribution in [3.05, 3.63) is 75.4 Å². The SMILES string of the molecule is CCOCCOc1c(C(=O)N(C)CCOC)sc2c1c(=O)n(CC(=O)c1ccccc1)c1ccccc21. The van der Waals surface area contributed by atoms with E-state index in [0.29, 0.717) is 52.4 Å². The minimum absolute atomic E-state index is 0.134. The molecular weight excluding hydrogens is 492 g/mol. The summed E-state index contributed by atoms with van der Waals surface area (Å²) in [6, 6.07) is 16.3. The van der Waals surface area contributed by atoms with Gasteiger partial charge in [0.15, 0.2) is 11.5 Å². The molecule has 0 atom stereocenters. The normalized spacial score (nSPS) is 11.2. The fourth-order valence-electron chi connectivity index (χ4n) is 4.09. The molecule has 2 aromatic carbocycles. The molecule has 4 aromatic rings. The molecule has 0 fully saturated rings. The summed E-state index contributed by atoms with van der Waals surface area (Å²) < 4.78 is 18.7. The van der Waals surface area contributed by atoms with Crippen molar-refractivity contribution in [1.29, 1.82) is 0 Å². The highest BCUT2D eigenvalue weighted by atomic mass is 32.1. The Morgan fingerprint density at radius 2 is 1.73 bits per heavy atom. The number of ether oxygens (including phenoxy) is 3. The minimum Gasteiger partial charge on any atom is -0.489 e. The number of para-hydroxylation sites is 1. The quantitative estimate of drug-likeness (QED) is 0.204. The Kier molecular flexibility index (Phi) is 8.70. The summed E-state index contributed by atoms with van der Waals surface area (Å²) in [5.41, 5.74) is 0.769. The number of benzene rings is 2. The number of carbonyl (C=O) groups is 2. The second-order valence-corrected chi connectivity index (χ2v) is 9.45. The third-order valence-electron chi connectivity index (χ3n) is 6.01. The van der Waals surface area contributed by atoms with Gasteiger partial charge in [-0.3, -0.25) is 19.0 Å². The number of nitrogens with zero attached hydrogens (tertiary/aromatic N) is 2. The molecule has 0 saturated heterocycles. The number of ketones is 1. The van der Waals surface area contributed by atoms with Crippen LogP contribution in [0.1, 0.15) is 27.0 Å². The number of pyridine rings is 1. The molecule has 4 rings (SSSR count). The topological polar surface area (TPSA) is 87.1 Å². The van der Waals surface area contributed by atoms with Crippen LogP contribution >= 0.6 is 11.3 Å². The van der Waals surface area contributed by atoms with Gasteiger partial charge in [0, 0.05) is 38.3 Å². The molecule has 0 N–H and O–H groups in total. The highest BCUT2D eigenvalue weighted by Crippen LogP contribution is 2.40. The van der Waals surface area contributed by atoms with Crippen molar-refractivity contribution in [3.8, 4) is 5.75 Å². The van der Waals surface area contributed by atoms with Crippen LogP contribution in [0.25, 0.3) is 21.0 Å². The number of fused-ring (bicyclic) bond motifs is 3. The van der Waals surface area contributed by atoms with Crippen LogP contribution in [0.5, 0.6) is 5.75 Å². The molecule has 2 heterocycles. The van der Waals surface area contributed by atoms with Crippen LogP contribution in [0.3, 0.4) is 0 Å². The van der Waals surface area contributed by atoms with Gasteiger partial charge in [0.1, 0.15) is 16.9 Å². The smallest absolute Gasteiger partial charge is 0.267 e. The number of methoxy groups -OCH3 is 1. The summed E-state index contributed by atoms with van der Waals surface area (Å²) >= 11 is 1.23. The highest BCUT2D eigenvalue weighted by Gasteiger charge is 2.27. The van der Waals surface area contributed by atoms with Gasteiger partial charge >= 0.3 is 0 Å². The molecule has 0 radical (unpaired) electrons. The first-order valence-corrected chi connectivity index (χ1v) is 12.9. The van der Waals surface area contributed by atoms with Crippen molar-refractivity contribution >= 4 is 44.0 Å². The lowest BCUT2D eigenvalue weighted by Crippen LogP contribution is -2.30. The van der Waals surface area contributed by atoms with Crippen LogP contribution in [-0.2, 0) is 16.0 Å². The van der Waals surface area contributed by atoms with Crippen molar-refractivity contribution in [1.82, 2.24) is 9.47 Å². The van der Waals surface area contributed by atoms with Gasteiger partial charge in [-0.15, -0.1) is 11.3 Å². The zero-order valence-corrected chi connectivity index (χ0v) is 22.0. The fraction of sp³-hybridized carbons (Fsp3) is 0.321. The molecule has 0 aliphatic rings. The molecule has 9 heteroatoms. The lowest BCUT2D eigenvalue weighted by molar-refractivity contribution is 0.0740. The van der Waals surface area contributed by atoms with Gasteiger partial charge in [0.05, 0.1) is 30.0 Å². The first-order valence-electron chi connectivity index (χ1n) is 12.1. The Hall–Kier alpha value is -3.53. The fourth-order valence-corrected chi connectivity index (χ4v) is 5.36. The third kappa shape index (κ3) is 5.58. The van der Waals surface area contributed by atoms with E-state index in [9.17, 15) is 14.4 Å². The van der Waals surface area contributed by atoms with Crippen molar-refractivity contribution < 1.29 is 23.8 Å². The maximum Gasteiger partial charge on any atom is 0.267 e. The summed E-state index contributed by atoms with van der Waals surface area (Å²) in [7, 11) is 3.26. The Morgan fingerprint density at radius 1 is 1.00 bits per heavy atom. The van der Waals surface area contributed by atoms with Crippen molar-refractivity contribution in [2.45, 2.75) is 13.5 Å². The van der Waals surface area contributed by atoms with Gasteiger partial charge in [-0.25, -0.2) is 0 Å². The van der Waals surface area contributed by atoms with E-state index >= 15 is 0 Å². The van der Waals surface area contributed by atoms with Gasteiger partial charge < -0.3 is 19.1 Å². The zero-order valence-electron chi connectivity index (χ0n) is 21.2. The van der Waals surface area contributed by atoms with Gasteiger partial charge in [-0.1, -0.05) is 48.5 Å². The summed E-state index contributed by atoms with van der Waals surface area (Å²) in [6.07, 6.45) is 0. The number of likely N-dealkylation sites (N-methyl/N-ethyl adjacent to an activating group) is 1. The van der Waals surface area contributed by atoms with Crippen molar-refractivity contribution in [3.63, 3.8) is 0 Å². The predicted octanol–water partition coefficient (Wildman–Crippen LogP) is 4.23. The summed E-state index contributed by atoms with van der Waals surface area (Å²) in [6.45, 7) is 3.53. The van der Waals surface area contributed by atoms with Crippen LogP contribution in [-0.4, -0.2) is 68.3 Å². The Balaban J connectivity index is 1.89. The first kappa shape index (κ1) is 26.5. The number of aromatic nitrogens is 1. The monoisotopic (exact) mass is 522 g/mol. The van der Waals surface area contributed by atoms with E-state index in [1.54, 1.807) is 43.3 Å². The van der Waals surface area contributed by atoms with Crippen LogP contribution < -0.4 is 10.3 Å². The van der Waals surface area contributed by atoms with Gasteiger partial charge in [-0.05, 0) is 13.0 Å². The lowest BCUT2D eigenvalue weighted by Gasteiger charge is -2.17. The van der Waals surface area contributed by atoms with E-state index in [2.05, 4.69) is 0 Å². The van der Waals surface area contributed by atoms with E-state index in [1.807, 2.05) is 37.3 Å². The number of Topliss-reactive ketones (excluding diaryl/α,β-unsaturated/α-hetero) is 1. The number of rotatable bonds is 12. The average molecular weight is 523 g/mol. The van der Waals surface area contributed by atoms with Crippen LogP contribution in [0.15, 0.2) is 59.4 Å². The Bertz CT molecular complexity index is 1460. The number of thiophene rings is 1. The van der Waals surface area contributed by atoms with Gasteiger partial charge in [0.25, 0.3) is 11.5 Å². The molecule has 0 bridgehead atoms. The molecule has 1 amide bonds. The largest absolute Gasteiger partial charge is 0.489 e. The minimum atomic E-state index is -0.376. The second kappa shape index (κ2) is 12.1. The van der Waals surface area contributed by atoms with Crippen molar-refractivity contribution in [2.24, 2.45) is 0 Å². The predicted molar refractivity (Wildman–Crippen MR) is 145 cm³/mol. The third-order valence-corrected chi connectivity index (χ3v) is 7.20. The second-order valence-electron chi connectivity index (χ2n) is 8.43. The average Bonchev–Trinajstić information content (AvgIpc) is 3.31. The van der Waals surface area contributed by atoms with E-state index in [4.69, 9.17) is 14.2 Å². The lowest BCUT2D eigenvalue weighted by atomic mass is 10.1. The van der Waals surface area contributed by atoms with Gasteiger partial charge in [0.2, 0.25) is 0 Å². The highest BCUT2D eigenvalue weighted by molar-refractivity contribution is 7.22. The van der Waals surface area contributed by atoms with E-state index < -0.39 is 0 Å². The molecular formula is C28H30N2O6S. The van der Waals surface area contributed by atoms with Crippen molar-refractivity contribution in [2.75, 3.05) is 47.1 Å². The standard InChI is InChI=1S/C28H30N2O6S/c1-4-35-16-17-36-24-23-25(37-26(24)28(33)29(2)14-15-34-3)20-12-8-9-13-21(20)30(27(23)32)18-22(31)19-10-6-5-7-11-19/h5-13H,4,14-18H2,1-3H3. The molecule has 8 nitrogen and oxygen atoms in total. The maximum absolute atomic E-state index is 14.0. The Morgan fingerprint density at radius 3 is 2.46 bits per heavy atom. The summed E-state index contributed by atoms with van der Waals surface area (Å²) in [4.78, 5) is 42.4. The molecule has 194 valence electrons. The number of amides is 1. The molecule has 0 aliphatic carbocycles. The molecule has 0 aliphatic heterocycles. The first-order chi connectivity index (χ1) is 18.0. The van der Waals surface area contributed by atoms with Crippen LogP contribution in [0.4, 0.5) is 0 Å².